The maximum Gasteiger partial charge on any atom is 0.191 e. The van der Waals surface area contributed by atoms with E-state index in [4.69, 9.17) is 19.1 Å². The van der Waals surface area contributed by atoms with Crippen molar-refractivity contribution in [1.82, 2.24) is 0 Å². The number of benzene rings is 1. The molecule has 1 saturated carbocycles. The van der Waals surface area contributed by atoms with E-state index < -0.39 is 11.9 Å². The molecule has 8 atom stereocenters. The van der Waals surface area contributed by atoms with Crippen LogP contribution in [0.1, 0.15) is 58.4 Å². The number of rotatable bonds is 8. The third-order valence-corrected chi connectivity index (χ3v) is 9.16. The second-order valence-corrected chi connectivity index (χ2v) is 11.0. The summed E-state index contributed by atoms with van der Waals surface area (Å²) >= 11 is 1.80. The molecule has 0 amide bonds. The first-order valence-corrected chi connectivity index (χ1v) is 13.1. The Morgan fingerprint density at radius 3 is 2.56 bits per heavy atom. The van der Waals surface area contributed by atoms with Crippen molar-refractivity contribution in [3.8, 4) is 0 Å². The molecule has 1 aromatic rings. The molecule has 32 heavy (non-hydrogen) atoms. The molecule has 3 aliphatic rings. The Morgan fingerprint density at radius 1 is 1.06 bits per heavy atom. The van der Waals surface area contributed by atoms with Crippen molar-refractivity contribution in [2.45, 2.75) is 82.9 Å². The van der Waals surface area contributed by atoms with Crippen molar-refractivity contribution in [3.05, 3.63) is 35.6 Å². The molecule has 1 N–H and O–H groups in total. The molecular weight excluding hydrogens is 431 g/mol. The second kappa shape index (κ2) is 10.7. The predicted octanol–water partition coefficient (Wildman–Crippen LogP) is 5.87. The summed E-state index contributed by atoms with van der Waals surface area (Å²) in [6.45, 7) is 7.73. The van der Waals surface area contributed by atoms with Crippen molar-refractivity contribution < 1.29 is 28.7 Å². The van der Waals surface area contributed by atoms with Gasteiger partial charge in [0.15, 0.2) is 11.9 Å². The van der Waals surface area contributed by atoms with Gasteiger partial charge < -0.3 is 14.2 Å². The summed E-state index contributed by atoms with van der Waals surface area (Å²) in [6.07, 6.45) is 4.59. The SMILES string of the molecule is CC1CCC2C(C)CCC3C(C)C(SCCCOCc4ccc(F)cc4)OC(O1)C23OO. The lowest BCUT2D eigenvalue weighted by atomic mass is 9.58. The molecule has 5 nitrogen and oxygen atoms in total. The molecule has 1 aromatic carbocycles. The monoisotopic (exact) mass is 468 g/mol. The van der Waals surface area contributed by atoms with Gasteiger partial charge in [0, 0.05) is 12.5 Å². The Morgan fingerprint density at radius 2 is 1.81 bits per heavy atom. The van der Waals surface area contributed by atoms with Gasteiger partial charge in [0.1, 0.15) is 11.3 Å². The summed E-state index contributed by atoms with van der Waals surface area (Å²) in [4.78, 5) is 5.37. The highest BCUT2D eigenvalue weighted by atomic mass is 32.2. The number of thioether (sulfide) groups is 1. The van der Waals surface area contributed by atoms with Crippen molar-refractivity contribution in [2.75, 3.05) is 12.4 Å². The van der Waals surface area contributed by atoms with Gasteiger partial charge in [-0.3, -0.25) is 5.26 Å². The zero-order chi connectivity index (χ0) is 22.7. The molecule has 8 unspecified atom stereocenters. The molecule has 3 fully saturated rings. The molecule has 7 heteroatoms. The lowest BCUT2D eigenvalue weighted by molar-refractivity contribution is -0.438. The zero-order valence-corrected chi connectivity index (χ0v) is 20.2. The van der Waals surface area contributed by atoms with Crippen LogP contribution in [0.3, 0.4) is 0 Å². The van der Waals surface area contributed by atoms with Gasteiger partial charge >= 0.3 is 0 Å². The molecule has 2 aliphatic heterocycles. The average Bonchev–Trinajstić information content (AvgIpc) is 2.93. The summed E-state index contributed by atoms with van der Waals surface area (Å²) in [5.41, 5.74) is 0.214. The highest BCUT2D eigenvalue weighted by Gasteiger charge is 2.64. The second-order valence-electron chi connectivity index (χ2n) is 9.84. The Hall–Kier alpha value is -0.700. The summed E-state index contributed by atoms with van der Waals surface area (Å²) in [7, 11) is 0. The van der Waals surface area contributed by atoms with Crippen molar-refractivity contribution >= 4 is 11.8 Å². The fourth-order valence-corrected chi connectivity index (χ4v) is 7.19. The lowest BCUT2D eigenvalue weighted by Gasteiger charge is -2.57. The van der Waals surface area contributed by atoms with E-state index in [-0.39, 0.29) is 35.1 Å². The standard InChI is InChI=1S/C25H37FO5S/c1-16-5-11-22-18(3)23(30-24-25(22,31-27)21(16)12-6-17(2)29-24)32-14-4-13-28-15-19-7-9-20(26)10-8-19/h7-10,16-18,21-24,27H,4-6,11-15H2,1-3H3. The van der Waals surface area contributed by atoms with Crippen molar-refractivity contribution in [2.24, 2.45) is 23.7 Å². The molecule has 180 valence electrons. The molecule has 4 rings (SSSR count). The van der Waals surface area contributed by atoms with Crippen LogP contribution in [0.15, 0.2) is 24.3 Å². The minimum absolute atomic E-state index is 0.00438. The predicted molar refractivity (Wildman–Crippen MR) is 123 cm³/mol. The van der Waals surface area contributed by atoms with E-state index in [1.54, 1.807) is 23.9 Å². The van der Waals surface area contributed by atoms with Gasteiger partial charge in [-0.15, -0.1) is 11.8 Å². The lowest BCUT2D eigenvalue weighted by Crippen LogP contribution is -2.67. The average molecular weight is 469 g/mol. The number of halogens is 1. The van der Waals surface area contributed by atoms with E-state index in [0.29, 0.717) is 19.1 Å². The first-order chi connectivity index (χ1) is 15.5. The first kappa shape index (κ1) is 24.4. The van der Waals surface area contributed by atoms with Crippen LogP contribution in [-0.2, 0) is 25.7 Å². The van der Waals surface area contributed by atoms with Gasteiger partial charge in [0.05, 0.1) is 12.7 Å². The third-order valence-electron chi connectivity index (χ3n) is 7.76. The molecule has 0 bridgehead atoms. The molecule has 1 aliphatic carbocycles. The first-order valence-electron chi connectivity index (χ1n) is 12.0. The van der Waals surface area contributed by atoms with Gasteiger partial charge in [-0.05, 0) is 80.2 Å². The van der Waals surface area contributed by atoms with Crippen LogP contribution >= 0.6 is 11.8 Å². The number of ether oxygens (including phenoxy) is 3. The number of hydrogen-bond donors (Lipinski definition) is 1. The maximum atomic E-state index is 13.0. The van der Waals surface area contributed by atoms with E-state index in [1.807, 2.05) is 0 Å². The van der Waals surface area contributed by atoms with E-state index in [0.717, 1.165) is 43.4 Å². The smallest absolute Gasteiger partial charge is 0.191 e. The highest BCUT2D eigenvalue weighted by Crippen LogP contribution is 2.57. The zero-order valence-electron chi connectivity index (χ0n) is 19.4. The maximum absolute atomic E-state index is 13.0. The minimum Gasteiger partial charge on any atom is -0.377 e. The minimum atomic E-state index is -0.767. The van der Waals surface area contributed by atoms with E-state index in [9.17, 15) is 9.65 Å². The summed E-state index contributed by atoms with van der Waals surface area (Å²) in [5.74, 6) is 1.89. The molecule has 0 aromatic heterocycles. The van der Waals surface area contributed by atoms with Crippen LogP contribution in [0.5, 0.6) is 0 Å². The molecule has 0 spiro atoms. The van der Waals surface area contributed by atoms with Crippen molar-refractivity contribution in [3.63, 3.8) is 0 Å². The van der Waals surface area contributed by atoms with Crippen LogP contribution < -0.4 is 0 Å². The van der Waals surface area contributed by atoms with Gasteiger partial charge in [0.25, 0.3) is 0 Å². The summed E-state index contributed by atoms with van der Waals surface area (Å²) in [6, 6.07) is 6.42. The topological polar surface area (TPSA) is 57.2 Å². The van der Waals surface area contributed by atoms with Crippen LogP contribution in [0.2, 0.25) is 0 Å². The van der Waals surface area contributed by atoms with E-state index >= 15 is 0 Å². The molecular formula is C25H37FO5S. The van der Waals surface area contributed by atoms with E-state index in [2.05, 4.69) is 20.8 Å². The van der Waals surface area contributed by atoms with Crippen LogP contribution in [0, 0.1) is 29.5 Å². The third kappa shape index (κ3) is 4.89. The van der Waals surface area contributed by atoms with Crippen molar-refractivity contribution in [1.29, 1.82) is 0 Å². The van der Waals surface area contributed by atoms with Gasteiger partial charge in [-0.2, -0.15) is 0 Å². The Bertz CT molecular complexity index is 734. The fourth-order valence-electron chi connectivity index (χ4n) is 6.00. The Kier molecular flexibility index (Phi) is 8.17. The van der Waals surface area contributed by atoms with E-state index in [1.165, 1.54) is 12.1 Å². The highest BCUT2D eigenvalue weighted by molar-refractivity contribution is 7.99. The Balaban J connectivity index is 1.32. The van der Waals surface area contributed by atoms with Crippen LogP contribution in [0.25, 0.3) is 0 Å². The number of hydrogen-bond acceptors (Lipinski definition) is 6. The normalized spacial score (nSPS) is 39.3. The van der Waals surface area contributed by atoms with Crippen LogP contribution in [-0.4, -0.2) is 41.0 Å². The Labute approximate surface area is 195 Å². The quantitative estimate of drug-likeness (QED) is 0.292. The summed E-state index contributed by atoms with van der Waals surface area (Å²) in [5, 5.41) is 10.2. The summed E-state index contributed by atoms with van der Waals surface area (Å²) < 4.78 is 31.5. The van der Waals surface area contributed by atoms with Gasteiger partial charge in [-0.1, -0.05) is 26.0 Å². The largest absolute Gasteiger partial charge is 0.377 e. The molecule has 0 radical (unpaired) electrons. The molecule has 2 saturated heterocycles. The molecule has 2 heterocycles. The van der Waals surface area contributed by atoms with Gasteiger partial charge in [-0.25, -0.2) is 9.28 Å². The fraction of sp³-hybridized carbons (Fsp3) is 0.760. The van der Waals surface area contributed by atoms with Crippen LogP contribution in [0.4, 0.5) is 4.39 Å². The van der Waals surface area contributed by atoms with Gasteiger partial charge in [0.2, 0.25) is 0 Å².